The Labute approximate surface area is 102 Å². The van der Waals surface area contributed by atoms with Gasteiger partial charge in [-0.05, 0) is 0 Å². The maximum Gasteiger partial charge on any atom is 0.404 e. The van der Waals surface area contributed by atoms with Gasteiger partial charge >= 0.3 is 6.09 Å². The molecule has 2 rings (SSSR count). The van der Waals surface area contributed by atoms with E-state index >= 15 is 0 Å². The summed E-state index contributed by atoms with van der Waals surface area (Å²) in [6, 6.07) is -0.580. The molecule has 0 aliphatic carbocycles. The van der Waals surface area contributed by atoms with Gasteiger partial charge in [0.1, 0.15) is 6.04 Å². The minimum Gasteiger partial charge on any atom is -0.465 e. The smallest absolute Gasteiger partial charge is 0.404 e. The molecule has 0 saturated carbocycles. The van der Waals surface area contributed by atoms with Crippen LogP contribution in [0.4, 0.5) is 4.79 Å². The summed E-state index contributed by atoms with van der Waals surface area (Å²) >= 11 is 0. The zero-order valence-electron chi connectivity index (χ0n) is 9.54. The second-order valence-corrected chi connectivity index (χ2v) is 4.05. The highest BCUT2D eigenvalue weighted by Gasteiger charge is 2.36. The summed E-state index contributed by atoms with van der Waals surface area (Å²) in [4.78, 5) is 21.1. The molecule has 9 nitrogen and oxygen atoms in total. The number of β-lactam (4-membered cyclic amide) rings is 1. The van der Waals surface area contributed by atoms with Crippen LogP contribution in [0.1, 0.15) is 5.69 Å². The lowest BCUT2D eigenvalue weighted by atomic mass is 9.96. The van der Waals surface area contributed by atoms with Crippen LogP contribution in [0.2, 0.25) is 0 Å². The van der Waals surface area contributed by atoms with E-state index in [0.29, 0.717) is 18.7 Å². The Bertz CT molecular complexity index is 459. The Balaban J connectivity index is 1.79. The Hall–Kier alpha value is -2.16. The van der Waals surface area contributed by atoms with Crippen LogP contribution in [0.3, 0.4) is 0 Å². The molecular formula is C9H14N6O3. The summed E-state index contributed by atoms with van der Waals surface area (Å²) in [5, 5.41) is 21.1. The summed E-state index contributed by atoms with van der Waals surface area (Å²) in [5.74, 6) is -0.155. The maximum absolute atomic E-state index is 10.9. The predicted molar refractivity (Wildman–Crippen MR) is 59.7 cm³/mol. The molecule has 1 aliphatic rings. The van der Waals surface area contributed by atoms with Crippen molar-refractivity contribution in [1.29, 1.82) is 0 Å². The molecule has 1 aromatic heterocycles. The summed E-state index contributed by atoms with van der Waals surface area (Å²) in [6.45, 7) is 0.667. The molecule has 0 unspecified atom stereocenters. The first-order valence-corrected chi connectivity index (χ1v) is 5.48. The normalized spacial score (nSPS) is 22.2. The first-order valence-electron chi connectivity index (χ1n) is 5.48. The van der Waals surface area contributed by atoms with Gasteiger partial charge in [0.05, 0.1) is 18.3 Å². The molecule has 0 spiro atoms. The van der Waals surface area contributed by atoms with Crippen molar-refractivity contribution in [1.82, 2.24) is 25.6 Å². The Morgan fingerprint density at radius 3 is 3.06 bits per heavy atom. The molecule has 2 amide bonds. The van der Waals surface area contributed by atoms with Gasteiger partial charge in [-0.15, -0.1) is 5.10 Å². The minimum atomic E-state index is -1.07. The van der Waals surface area contributed by atoms with Crippen LogP contribution in [0.5, 0.6) is 0 Å². The molecule has 5 N–H and O–H groups in total. The summed E-state index contributed by atoms with van der Waals surface area (Å²) < 4.78 is 1.54. The van der Waals surface area contributed by atoms with E-state index in [1.807, 2.05) is 0 Å². The molecule has 1 aliphatic heterocycles. The van der Waals surface area contributed by atoms with Crippen LogP contribution in [0.15, 0.2) is 6.20 Å². The lowest BCUT2D eigenvalue weighted by molar-refractivity contribution is -0.130. The lowest BCUT2D eigenvalue weighted by Gasteiger charge is -2.33. The highest BCUT2D eigenvalue weighted by molar-refractivity contribution is 5.89. The van der Waals surface area contributed by atoms with Gasteiger partial charge in [0.2, 0.25) is 5.91 Å². The van der Waals surface area contributed by atoms with Crippen LogP contribution in [0.25, 0.3) is 0 Å². The fourth-order valence-corrected chi connectivity index (χ4v) is 1.68. The van der Waals surface area contributed by atoms with Gasteiger partial charge < -0.3 is 21.5 Å². The third-order valence-electron chi connectivity index (χ3n) is 2.70. The van der Waals surface area contributed by atoms with Crippen LogP contribution >= 0.6 is 0 Å². The third kappa shape index (κ3) is 2.74. The molecule has 0 radical (unpaired) electrons. The minimum absolute atomic E-state index is 0.0974. The van der Waals surface area contributed by atoms with Crippen molar-refractivity contribution in [2.75, 3.05) is 6.54 Å². The molecule has 2 heterocycles. The van der Waals surface area contributed by atoms with Gasteiger partial charge in [0, 0.05) is 19.2 Å². The third-order valence-corrected chi connectivity index (χ3v) is 2.70. The quantitative estimate of drug-likeness (QED) is 0.445. The standard InChI is InChI=1S/C9H14N6O3/c10-7-6(12-8(7)16)3-5-4-15(14-13-5)2-1-11-9(17)18/h4,6-7,11H,1-3,10H2,(H,12,16)(H,17,18)/t6-,7+/m1/s1. The van der Waals surface area contributed by atoms with E-state index < -0.39 is 12.1 Å². The van der Waals surface area contributed by atoms with Crippen LogP contribution in [-0.2, 0) is 17.8 Å². The molecule has 18 heavy (non-hydrogen) atoms. The van der Waals surface area contributed by atoms with E-state index in [2.05, 4.69) is 20.9 Å². The SMILES string of the molecule is N[C@@H]1C(=O)N[C@@H]1Cc1cn(CCNC(=O)O)nn1. The van der Waals surface area contributed by atoms with E-state index in [0.717, 1.165) is 0 Å². The molecule has 9 heteroatoms. The summed E-state index contributed by atoms with van der Waals surface area (Å²) in [7, 11) is 0. The molecule has 98 valence electrons. The van der Waals surface area contributed by atoms with Crippen molar-refractivity contribution in [3.05, 3.63) is 11.9 Å². The number of carboxylic acid groups (broad SMARTS) is 1. The molecule has 1 fully saturated rings. The van der Waals surface area contributed by atoms with Crippen LogP contribution in [0, 0.1) is 0 Å². The number of aromatic nitrogens is 3. The molecule has 2 atom stereocenters. The van der Waals surface area contributed by atoms with Gasteiger partial charge in [0.25, 0.3) is 0 Å². The number of carbonyl (C=O) groups is 2. The fourth-order valence-electron chi connectivity index (χ4n) is 1.68. The highest BCUT2D eigenvalue weighted by Crippen LogP contribution is 2.09. The van der Waals surface area contributed by atoms with E-state index in [1.54, 1.807) is 6.20 Å². The number of carbonyl (C=O) groups excluding carboxylic acids is 1. The Morgan fingerprint density at radius 2 is 2.44 bits per heavy atom. The van der Waals surface area contributed by atoms with E-state index in [4.69, 9.17) is 10.8 Å². The van der Waals surface area contributed by atoms with Gasteiger partial charge in [-0.1, -0.05) is 5.21 Å². The van der Waals surface area contributed by atoms with Crippen molar-refractivity contribution in [2.24, 2.45) is 5.73 Å². The number of nitrogens with two attached hydrogens (primary N) is 1. The van der Waals surface area contributed by atoms with E-state index in [9.17, 15) is 9.59 Å². The van der Waals surface area contributed by atoms with Crippen LogP contribution in [-0.4, -0.2) is 50.7 Å². The lowest BCUT2D eigenvalue weighted by Crippen LogP contribution is -2.67. The Kier molecular flexibility index (Phi) is 3.42. The zero-order chi connectivity index (χ0) is 13.1. The molecule has 0 aromatic carbocycles. The maximum atomic E-state index is 10.9. The van der Waals surface area contributed by atoms with Crippen LogP contribution < -0.4 is 16.4 Å². The van der Waals surface area contributed by atoms with Gasteiger partial charge in [0.15, 0.2) is 0 Å². The number of hydrogen-bond acceptors (Lipinski definition) is 5. The molecular weight excluding hydrogens is 240 g/mol. The molecule has 0 bridgehead atoms. The zero-order valence-corrected chi connectivity index (χ0v) is 9.54. The second kappa shape index (κ2) is 5.00. The second-order valence-electron chi connectivity index (χ2n) is 4.05. The summed E-state index contributed by atoms with van der Waals surface area (Å²) in [5.41, 5.74) is 6.31. The number of nitrogens with one attached hydrogen (secondary N) is 2. The first-order chi connectivity index (χ1) is 8.56. The highest BCUT2D eigenvalue weighted by atomic mass is 16.4. The first kappa shape index (κ1) is 12.3. The number of rotatable bonds is 5. The Morgan fingerprint density at radius 1 is 1.67 bits per heavy atom. The monoisotopic (exact) mass is 254 g/mol. The average molecular weight is 254 g/mol. The van der Waals surface area contributed by atoms with Gasteiger partial charge in [-0.25, -0.2) is 4.79 Å². The van der Waals surface area contributed by atoms with Crippen molar-refractivity contribution in [3.8, 4) is 0 Å². The predicted octanol–water partition coefficient (Wildman–Crippen LogP) is -2.09. The number of hydrogen-bond donors (Lipinski definition) is 4. The van der Waals surface area contributed by atoms with Gasteiger partial charge in [-0.2, -0.15) is 0 Å². The van der Waals surface area contributed by atoms with Gasteiger partial charge in [-0.3, -0.25) is 9.48 Å². The molecule has 1 aromatic rings. The van der Waals surface area contributed by atoms with Crippen molar-refractivity contribution >= 4 is 12.0 Å². The topological polar surface area (TPSA) is 135 Å². The summed E-state index contributed by atoms with van der Waals surface area (Å²) in [6.07, 6.45) is 1.17. The van der Waals surface area contributed by atoms with E-state index in [1.165, 1.54) is 4.68 Å². The van der Waals surface area contributed by atoms with E-state index in [-0.39, 0.29) is 18.5 Å². The fraction of sp³-hybridized carbons (Fsp3) is 0.556. The van der Waals surface area contributed by atoms with Crippen molar-refractivity contribution in [2.45, 2.75) is 25.0 Å². The van der Waals surface area contributed by atoms with Crippen molar-refractivity contribution in [3.63, 3.8) is 0 Å². The largest absolute Gasteiger partial charge is 0.465 e. The number of nitrogens with zero attached hydrogens (tertiary/aromatic N) is 3. The molecule has 1 saturated heterocycles. The number of amides is 2. The average Bonchev–Trinajstić information content (AvgIpc) is 2.76. The van der Waals surface area contributed by atoms with Crippen molar-refractivity contribution < 1.29 is 14.7 Å².